The highest BCUT2D eigenvalue weighted by atomic mass is 127. The summed E-state index contributed by atoms with van der Waals surface area (Å²) in [5, 5.41) is 6.47. The van der Waals surface area contributed by atoms with Gasteiger partial charge in [0.15, 0.2) is 5.96 Å². The van der Waals surface area contributed by atoms with Gasteiger partial charge >= 0.3 is 6.09 Å². The van der Waals surface area contributed by atoms with E-state index in [-0.39, 0.29) is 36.1 Å². The van der Waals surface area contributed by atoms with Gasteiger partial charge in [-0.05, 0) is 51.9 Å². The van der Waals surface area contributed by atoms with Crippen molar-refractivity contribution in [2.75, 3.05) is 40.4 Å². The minimum absolute atomic E-state index is 0. The molecule has 2 N–H and O–H groups in total. The van der Waals surface area contributed by atoms with Crippen LogP contribution in [0, 0.1) is 5.41 Å². The molecule has 0 aromatic carbocycles. The van der Waals surface area contributed by atoms with Crippen molar-refractivity contribution >= 4 is 36.0 Å². The summed E-state index contributed by atoms with van der Waals surface area (Å²) in [7, 11) is 3.57. The summed E-state index contributed by atoms with van der Waals surface area (Å²) in [6.45, 7) is 8.99. The number of guanidine groups is 1. The van der Waals surface area contributed by atoms with Crippen LogP contribution in [0.25, 0.3) is 0 Å². The maximum atomic E-state index is 11.9. The molecule has 1 aliphatic heterocycles. The number of alkyl carbamates (subject to hydrolysis) is 1. The smallest absolute Gasteiger partial charge is 0.407 e. The van der Waals surface area contributed by atoms with E-state index in [1.165, 1.54) is 12.8 Å². The fraction of sp³-hybridized carbons (Fsp3) is 0.889. The summed E-state index contributed by atoms with van der Waals surface area (Å²) in [5.41, 5.74) is -0.0966. The van der Waals surface area contributed by atoms with Gasteiger partial charge in [-0.3, -0.25) is 4.99 Å². The number of carbonyl (C=O) groups excluding carboxylic acids is 1. The van der Waals surface area contributed by atoms with Gasteiger partial charge in [0, 0.05) is 40.4 Å². The van der Waals surface area contributed by atoms with Crippen molar-refractivity contribution in [1.29, 1.82) is 0 Å². The van der Waals surface area contributed by atoms with E-state index in [0.29, 0.717) is 5.41 Å². The van der Waals surface area contributed by atoms with Crippen LogP contribution in [-0.4, -0.2) is 69.0 Å². The Morgan fingerprint density at radius 2 is 2.04 bits per heavy atom. The van der Waals surface area contributed by atoms with Crippen LogP contribution in [-0.2, 0) is 9.47 Å². The minimum atomic E-state index is -0.471. The molecule has 0 bridgehead atoms. The second-order valence-corrected chi connectivity index (χ2v) is 8.22. The zero-order chi connectivity index (χ0) is 18.5. The van der Waals surface area contributed by atoms with E-state index < -0.39 is 5.60 Å². The number of hydrogen-bond acceptors (Lipinski definition) is 4. The van der Waals surface area contributed by atoms with Crippen molar-refractivity contribution in [3.63, 3.8) is 0 Å². The van der Waals surface area contributed by atoms with E-state index in [9.17, 15) is 4.79 Å². The molecule has 0 radical (unpaired) electrons. The molecule has 1 atom stereocenters. The van der Waals surface area contributed by atoms with Crippen molar-refractivity contribution in [1.82, 2.24) is 15.5 Å². The number of rotatable bonds is 6. The van der Waals surface area contributed by atoms with Gasteiger partial charge in [-0.25, -0.2) is 4.79 Å². The van der Waals surface area contributed by atoms with Crippen molar-refractivity contribution in [3.8, 4) is 0 Å². The molecule has 26 heavy (non-hydrogen) atoms. The van der Waals surface area contributed by atoms with Crippen LogP contribution in [0.3, 0.4) is 0 Å². The average molecular weight is 482 g/mol. The quantitative estimate of drug-likeness (QED) is 0.346. The third-order valence-corrected chi connectivity index (χ3v) is 4.84. The predicted octanol–water partition coefficient (Wildman–Crippen LogP) is 2.60. The van der Waals surface area contributed by atoms with E-state index in [1.54, 1.807) is 7.11 Å². The standard InChI is InChI=1S/C18H34N4O3.HI/c1-17(2,3)25-16(23)21-14-6-10-22(12-14)15(19-4)20-13-18(7-8-18)9-11-24-5;/h14H,6-13H2,1-5H3,(H,19,20)(H,21,23);1H/t14-;/m1./s1. The van der Waals surface area contributed by atoms with Crippen molar-refractivity contribution in [3.05, 3.63) is 0 Å². The lowest BCUT2D eigenvalue weighted by atomic mass is 10.0. The molecule has 1 saturated heterocycles. The number of ether oxygens (including phenoxy) is 2. The van der Waals surface area contributed by atoms with Crippen LogP contribution in [0.4, 0.5) is 4.79 Å². The van der Waals surface area contributed by atoms with E-state index >= 15 is 0 Å². The third kappa shape index (κ3) is 7.46. The first-order chi connectivity index (χ1) is 11.8. The second kappa shape index (κ2) is 9.96. The lowest BCUT2D eigenvalue weighted by Crippen LogP contribution is -2.45. The van der Waals surface area contributed by atoms with E-state index in [4.69, 9.17) is 9.47 Å². The van der Waals surface area contributed by atoms with Crippen LogP contribution in [0.15, 0.2) is 4.99 Å². The number of nitrogens with one attached hydrogen (secondary N) is 2. The van der Waals surface area contributed by atoms with Crippen LogP contribution >= 0.6 is 24.0 Å². The molecule has 1 aliphatic carbocycles. The average Bonchev–Trinajstić information content (AvgIpc) is 3.15. The summed E-state index contributed by atoms with van der Waals surface area (Å²) in [6, 6.07) is 0.0942. The molecular weight excluding hydrogens is 447 g/mol. The fourth-order valence-corrected chi connectivity index (χ4v) is 3.15. The molecule has 2 rings (SSSR count). The Kier molecular flexibility index (Phi) is 8.92. The number of likely N-dealkylation sites (tertiary alicyclic amines) is 1. The lowest BCUT2D eigenvalue weighted by Gasteiger charge is -2.25. The molecule has 152 valence electrons. The number of aliphatic imine (C=N–C) groups is 1. The maximum absolute atomic E-state index is 11.9. The summed E-state index contributed by atoms with van der Waals surface area (Å²) in [6.07, 6.45) is 4.15. The molecule has 8 heteroatoms. The normalized spacial score (nSPS) is 21.8. The second-order valence-electron chi connectivity index (χ2n) is 8.22. The molecule has 0 unspecified atom stereocenters. The van der Waals surface area contributed by atoms with Gasteiger partial charge in [-0.1, -0.05) is 0 Å². The van der Waals surface area contributed by atoms with Gasteiger partial charge in [-0.15, -0.1) is 24.0 Å². The Hall–Kier alpha value is -0.770. The minimum Gasteiger partial charge on any atom is -0.444 e. The Morgan fingerprint density at radius 1 is 1.35 bits per heavy atom. The first kappa shape index (κ1) is 23.3. The number of nitrogens with zero attached hydrogens (tertiary/aromatic N) is 2. The first-order valence-electron chi connectivity index (χ1n) is 9.21. The summed E-state index contributed by atoms with van der Waals surface area (Å²) in [4.78, 5) is 18.5. The van der Waals surface area contributed by atoms with Gasteiger partial charge in [0.25, 0.3) is 0 Å². The lowest BCUT2D eigenvalue weighted by molar-refractivity contribution is 0.0507. The van der Waals surface area contributed by atoms with Crippen molar-refractivity contribution < 1.29 is 14.3 Å². The molecule has 1 heterocycles. The topological polar surface area (TPSA) is 75.2 Å². The van der Waals surface area contributed by atoms with E-state index in [1.807, 2.05) is 27.8 Å². The zero-order valence-corrected chi connectivity index (χ0v) is 19.1. The Bertz CT molecular complexity index is 489. The summed E-state index contributed by atoms with van der Waals surface area (Å²) < 4.78 is 10.5. The number of carbonyl (C=O) groups is 1. The summed E-state index contributed by atoms with van der Waals surface area (Å²) >= 11 is 0. The van der Waals surface area contributed by atoms with Gasteiger partial charge in [0.1, 0.15) is 5.60 Å². The predicted molar refractivity (Wildman–Crippen MR) is 114 cm³/mol. The maximum Gasteiger partial charge on any atom is 0.407 e. The molecule has 2 fully saturated rings. The Balaban J connectivity index is 0.00000338. The van der Waals surface area contributed by atoms with E-state index in [2.05, 4.69) is 20.5 Å². The van der Waals surface area contributed by atoms with Gasteiger partial charge < -0.3 is 25.0 Å². The highest BCUT2D eigenvalue weighted by molar-refractivity contribution is 14.0. The van der Waals surface area contributed by atoms with Crippen LogP contribution in [0.1, 0.15) is 46.5 Å². The number of amides is 1. The molecule has 7 nitrogen and oxygen atoms in total. The number of halogens is 1. The molecule has 1 saturated carbocycles. The highest BCUT2D eigenvalue weighted by Gasteiger charge is 2.42. The first-order valence-corrected chi connectivity index (χ1v) is 9.21. The largest absolute Gasteiger partial charge is 0.444 e. The Labute approximate surface area is 174 Å². The van der Waals surface area contributed by atoms with Crippen LogP contribution in [0.2, 0.25) is 0 Å². The van der Waals surface area contributed by atoms with Gasteiger partial charge in [0.05, 0.1) is 6.04 Å². The molecule has 0 aromatic rings. The van der Waals surface area contributed by atoms with E-state index in [0.717, 1.165) is 45.0 Å². The van der Waals surface area contributed by atoms with Crippen LogP contribution < -0.4 is 10.6 Å². The molecule has 0 aromatic heterocycles. The number of methoxy groups -OCH3 is 1. The molecular formula is C18H35IN4O3. The summed E-state index contributed by atoms with van der Waals surface area (Å²) in [5.74, 6) is 0.914. The SMILES string of the molecule is CN=C(NCC1(CCOC)CC1)N1CC[C@@H](NC(=O)OC(C)(C)C)C1.I. The molecule has 1 amide bonds. The van der Waals surface area contributed by atoms with Crippen LogP contribution in [0.5, 0.6) is 0 Å². The third-order valence-electron chi connectivity index (χ3n) is 4.84. The molecule has 2 aliphatic rings. The Morgan fingerprint density at radius 3 is 2.58 bits per heavy atom. The fourth-order valence-electron chi connectivity index (χ4n) is 3.15. The van der Waals surface area contributed by atoms with Gasteiger partial charge in [-0.2, -0.15) is 0 Å². The monoisotopic (exact) mass is 482 g/mol. The molecule has 0 spiro atoms. The number of hydrogen-bond donors (Lipinski definition) is 2. The van der Waals surface area contributed by atoms with Crippen molar-refractivity contribution in [2.24, 2.45) is 10.4 Å². The van der Waals surface area contributed by atoms with Crippen molar-refractivity contribution in [2.45, 2.75) is 58.1 Å². The highest BCUT2D eigenvalue weighted by Crippen LogP contribution is 2.48. The zero-order valence-electron chi connectivity index (χ0n) is 16.8. The van der Waals surface area contributed by atoms with Gasteiger partial charge in [0.2, 0.25) is 0 Å².